The zero-order valence-electron chi connectivity index (χ0n) is 12.6. The van der Waals surface area contributed by atoms with Crippen molar-refractivity contribution in [2.24, 2.45) is 0 Å². The van der Waals surface area contributed by atoms with Crippen LogP contribution in [0.1, 0.15) is 15.2 Å². The van der Waals surface area contributed by atoms with E-state index in [-0.39, 0.29) is 16.8 Å². The Morgan fingerprint density at radius 3 is 2.43 bits per heavy atom. The highest BCUT2D eigenvalue weighted by molar-refractivity contribution is 7.15. The fraction of sp³-hybridized carbons (Fsp3) is 0.357. The molecule has 2 heterocycles. The number of carbonyl (C=O) groups is 2. The molecular weight excluding hydrogens is 377 g/mol. The maximum Gasteiger partial charge on any atom is 0.256 e. The second kappa shape index (κ2) is 8.10. The van der Waals surface area contributed by atoms with Crippen molar-refractivity contribution in [2.75, 3.05) is 27.2 Å². The molecule has 0 aromatic carbocycles. The van der Waals surface area contributed by atoms with Crippen LogP contribution in [0.4, 0.5) is 0 Å². The second-order valence-electron chi connectivity index (χ2n) is 4.92. The lowest BCUT2D eigenvalue weighted by Crippen LogP contribution is -2.37. The Morgan fingerprint density at radius 2 is 1.87 bits per heavy atom. The van der Waals surface area contributed by atoms with Crippen molar-refractivity contribution in [2.45, 2.75) is 6.42 Å². The molecule has 0 fully saturated rings. The van der Waals surface area contributed by atoms with Crippen LogP contribution in [0, 0.1) is 0 Å². The monoisotopic (exact) mass is 391 g/mol. The molecule has 0 saturated heterocycles. The van der Waals surface area contributed by atoms with Crippen molar-refractivity contribution < 1.29 is 9.59 Å². The van der Waals surface area contributed by atoms with Gasteiger partial charge in [-0.1, -0.05) is 23.2 Å². The van der Waals surface area contributed by atoms with Crippen LogP contribution in [-0.2, 0) is 11.2 Å². The van der Waals surface area contributed by atoms with Crippen molar-refractivity contribution in [3.8, 4) is 0 Å². The number of hydrogen-bond acceptors (Lipinski definition) is 5. The number of amides is 2. The predicted octanol–water partition coefficient (Wildman–Crippen LogP) is 3.28. The summed E-state index contributed by atoms with van der Waals surface area (Å²) < 4.78 is 0.403. The maximum absolute atomic E-state index is 12.3. The molecule has 2 aromatic rings. The third kappa shape index (κ3) is 4.67. The van der Waals surface area contributed by atoms with Crippen LogP contribution in [0.2, 0.25) is 9.36 Å². The van der Waals surface area contributed by atoms with E-state index in [9.17, 15) is 9.59 Å². The van der Waals surface area contributed by atoms with Gasteiger partial charge in [-0.2, -0.15) is 0 Å². The summed E-state index contributed by atoms with van der Waals surface area (Å²) in [6, 6.07) is 0. The van der Waals surface area contributed by atoms with Crippen LogP contribution >= 0.6 is 45.9 Å². The summed E-state index contributed by atoms with van der Waals surface area (Å²) in [7, 11) is 3.39. The SMILES string of the molecule is CN(CCN(C)C(=O)c1csc(Cl)c1Cl)C(=O)Cc1cncs1. The van der Waals surface area contributed by atoms with Crippen LogP contribution in [0.3, 0.4) is 0 Å². The predicted molar refractivity (Wildman–Crippen MR) is 94.8 cm³/mol. The number of carbonyl (C=O) groups excluding carboxylic acids is 2. The van der Waals surface area contributed by atoms with Gasteiger partial charge in [0.2, 0.25) is 5.91 Å². The summed E-state index contributed by atoms with van der Waals surface area (Å²) in [5.74, 6) is -0.215. The summed E-state index contributed by atoms with van der Waals surface area (Å²) >= 11 is 14.6. The molecule has 0 aliphatic carbocycles. The van der Waals surface area contributed by atoms with E-state index in [0.717, 1.165) is 4.88 Å². The Bertz CT molecular complexity index is 688. The number of aromatic nitrogens is 1. The van der Waals surface area contributed by atoms with Gasteiger partial charge in [-0.25, -0.2) is 0 Å². The van der Waals surface area contributed by atoms with Crippen molar-refractivity contribution in [1.82, 2.24) is 14.8 Å². The zero-order valence-corrected chi connectivity index (χ0v) is 15.7. The van der Waals surface area contributed by atoms with Gasteiger partial charge in [0.05, 0.1) is 22.5 Å². The Labute approximate surface area is 152 Å². The summed E-state index contributed by atoms with van der Waals surface area (Å²) in [6.07, 6.45) is 2.01. The van der Waals surface area contributed by atoms with E-state index in [0.29, 0.717) is 29.4 Å². The van der Waals surface area contributed by atoms with Crippen molar-refractivity contribution in [3.05, 3.63) is 36.9 Å². The van der Waals surface area contributed by atoms with Gasteiger partial charge in [-0.15, -0.1) is 22.7 Å². The number of halogens is 2. The molecule has 124 valence electrons. The number of nitrogens with zero attached hydrogens (tertiary/aromatic N) is 3. The van der Waals surface area contributed by atoms with E-state index < -0.39 is 0 Å². The van der Waals surface area contributed by atoms with Gasteiger partial charge in [0.1, 0.15) is 4.34 Å². The van der Waals surface area contributed by atoms with E-state index in [2.05, 4.69) is 4.98 Å². The highest BCUT2D eigenvalue weighted by atomic mass is 35.5. The lowest BCUT2D eigenvalue weighted by Gasteiger charge is -2.22. The third-order valence-corrected chi connectivity index (χ3v) is 5.87. The second-order valence-corrected chi connectivity index (χ2v) is 7.75. The Kier molecular flexibility index (Phi) is 6.41. The van der Waals surface area contributed by atoms with E-state index >= 15 is 0 Å². The molecule has 0 atom stereocenters. The average Bonchev–Trinajstić information content (AvgIpc) is 3.15. The molecule has 2 aromatic heterocycles. The molecule has 0 aliphatic heterocycles. The molecule has 23 heavy (non-hydrogen) atoms. The van der Waals surface area contributed by atoms with E-state index in [1.54, 1.807) is 36.1 Å². The highest BCUT2D eigenvalue weighted by Crippen LogP contribution is 2.32. The first-order chi connectivity index (χ1) is 10.9. The lowest BCUT2D eigenvalue weighted by molar-refractivity contribution is -0.129. The molecule has 0 N–H and O–H groups in total. The van der Waals surface area contributed by atoms with Crippen LogP contribution in [0.25, 0.3) is 0 Å². The van der Waals surface area contributed by atoms with Crippen LogP contribution in [0.15, 0.2) is 17.1 Å². The fourth-order valence-corrected chi connectivity index (χ4v) is 3.62. The minimum absolute atomic E-state index is 0.00768. The Hall–Kier alpha value is -1.15. The van der Waals surface area contributed by atoms with Gasteiger partial charge in [0, 0.05) is 43.6 Å². The number of thiazole rings is 1. The van der Waals surface area contributed by atoms with Crippen LogP contribution in [-0.4, -0.2) is 53.8 Å². The Balaban J connectivity index is 1.85. The van der Waals surface area contributed by atoms with E-state index in [1.165, 1.54) is 27.6 Å². The first-order valence-electron chi connectivity index (χ1n) is 6.69. The highest BCUT2D eigenvalue weighted by Gasteiger charge is 2.19. The fourth-order valence-electron chi connectivity index (χ4n) is 1.81. The molecule has 0 saturated carbocycles. The van der Waals surface area contributed by atoms with Gasteiger partial charge in [-0.3, -0.25) is 14.6 Å². The lowest BCUT2D eigenvalue weighted by atomic mass is 10.3. The first kappa shape index (κ1) is 18.2. The standard InChI is InChI=1S/C14H15Cl2N3O2S2/c1-18(11(20)5-9-6-17-8-23-9)3-4-19(2)14(21)10-7-22-13(16)12(10)15/h6-8H,3-5H2,1-2H3. The van der Waals surface area contributed by atoms with Crippen LogP contribution in [0.5, 0.6) is 0 Å². The molecule has 9 heteroatoms. The van der Waals surface area contributed by atoms with Gasteiger partial charge < -0.3 is 9.80 Å². The number of likely N-dealkylation sites (N-methyl/N-ethyl adjacent to an activating group) is 2. The number of hydrogen-bond donors (Lipinski definition) is 0. The Morgan fingerprint density at radius 1 is 1.17 bits per heavy atom. The van der Waals surface area contributed by atoms with Gasteiger partial charge in [-0.05, 0) is 0 Å². The molecule has 0 bridgehead atoms. The summed E-state index contributed by atoms with van der Waals surface area (Å²) in [5, 5.41) is 1.92. The molecule has 0 spiro atoms. The number of thiophene rings is 1. The molecular formula is C14H15Cl2N3O2S2. The van der Waals surface area contributed by atoms with E-state index in [1.807, 2.05) is 0 Å². The van der Waals surface area contributed by atoms with Crippen molar-refractivity contribution >= 4 is 57.7 Å². The van der Waals surface area contributed by atoms with Gasteiger partial charge in [0.25, 0.3) is 5.91 Å². The van der Waals surface area contributed by atoms with E-state index in [4.69, 9.17) is 23.2 Å². The molecule has 2 amide bonds. The molecule has 2 rings (SSSR count). The van der Waals surface area contributed by atoms with Crippen molar-refractivity contribution in [1.29, 1.82) is 0 Å². The van der Waals surface area contributed by atoms with Gasteiger partial charge >= 0.3 is 0 Å². The average molecular weight is 392 g/mol. The third-order valence-electron chi connectivity index (χ3n) is 3.27. The normalized spacial score (nSPS) is 10.6. The quantitative estimate of drug-likeness (QED) is 0.758. The topological polar surface area (TPSA) is 53.5 Å². The largest absolute Gasteiger partial charge is 0.344 e. The van der Waals surface area contributed by atoms with Crippen LogP contribution < -0.4 is 0 Å². The summed E-state index contributed by atoms with van der Waals surface area (Å²) in [4.78, 5) is 32.4. The zero-order chi connectivity index (χ0) is 17.0. The first-order valence-corrected chi connectivity index (χ1v) is 9.21. The molecule has 0 aliphatic rings. The summed E-state index contributed by atoms with van der Waals surface area (Å²) in [5.41, 5.74) is 2.09. The minimum atomic E-state index is -0.207. The van der Waals surface area contributed by atoms with Crippen molar-refractivity contribution in [3.63, 3.8) is 0 Å². The molecule has 0 radical (unpaired) electrons. The summed E-state index contributed by atoms with van der Waals surface area (Å²) in [6.45, 7) is 0.850. The molecule has 0 unspecified atom stereocenters. The molecule has 5 nitrogen and oxygen atoms in total. The number of rotatable bonds is 6. The van der Waals surface area contributed by atoms with Gasteiger partial charge in [0.15, 0.2) is 0 Å². The minimum Gasteiger partial charge on any atom is -0.344 e. The maximum atomic E-state index is 12.3. The smallest absolute Gasteiger partial charge is 0.256 e.